The van der Waals surface area contributed by atoms with Crippen molar-refractivity contribution in [3.8, 4) is 0 Å². The van der Waals surface area contributed by atoms with E-state index in [1.54, 1.807) is 0 Å². The zero-order valence-electron chi connectivity index (χ0n) is 8.20. The number of nitrogens with zero attached hydrogens (tertiary/aromatic N) is 2. The van der Waals surface area contributed by atoms with E-state index in [0.29, 0.717) is 5.88 Å². The van der Waals surface area contributed by atoms with Gasteiger partial charge in [0.1, 0.15) is 5.82 Å². The summed E-state index contributed by atoms with van der Waals surface area (Å²) in [7, 11) is 0. The highest BCUT2D eigenvalue weighted by molar-refractivity contribution is 6.17. The number of para-hydroxylation sites is 2. The second kappa shape index (κ2) is 4.01. The molecule has 2 nitrogen and oxygen atoms in total. The Balaban J connectivity index is 2.60. The maximum atomic E-state index is 5.74. The highest BCUT2D eigenvalue weighted by atomic mass is 35.5. The Bertz CT molecular complexity index is 434. The van der Waals surface area contributed by atoms with Crippen molar-refractivity contribution in [2.45, 2.75) is 19.9 Å². The van der Waals surface area contributed by atoms with E-state index >= 15 is 0 Å². The zero-order chi connectivity index (χ0) is 9.97. The molecule has 0 unspecified atom stereocenters. The lowest BCUT2D eigenvalue weighted by molar-refractivity contribution is 0.727. The van der Waals surface area contributed by atoms with E-state index in [2.05, 4.69) is 22.5 Å². The minimum Gasteiger partial charge on any atom is -0.328 e. The molecule has 1 aromatic heterocycles. The topological polar surface area (TPSA) is 17.8 Å². The first-order chi connectivity index (χ1) is 6.86. The van der Waals surface area contributed by atoms with Gasteiger partial charge in [-0.15, -0.1) is 11.6 Å². The Morgan fingerprint density at radius 2 is 2.14 bits per heavy atom. The summed E-state index contributed by atoms with van der Waals surface area (Å²) in [5.74, 6) is 1.72. The number of alkyl halides is 1. The Labute approximate surface area is 88.5 Å². The first-order valence-electron chi connectivity index (χ1n) is 4.87. The molecule has 0 aliphatic carbocycles. The molecule has 0 amide bonds. The second-order valence-corrected chi connectivity index (χ2v) is 3.58. The van der Waals surface area contributed by atoms with Crippen LogP contribution in [0.3, 0.4) is 0 Å². The van der Waals surface area contributed by atoms with Gasteiger partial charge >= 0.3 is 0 Å². The molecule has 0 N–H and O–H groups in total. The van der Waals surface area contributed by atoms with Gasteiger partial charge < -0.3 is 4.57 Å². The van der Waals surface area contributed by atoms with Gasteiger partial charge in [0, 0.05) is 18.8 Å². The van der Waals surface area contributed by atoms with Crippen molar-refractivity contribution in [2.75, 3.05) is 5.88 Å². The second-order valence-electron chi connectivity index (χ2n) is 3.20. The number of aryl methyl sites for hydroxylation is 2. The van der Waals surface area contributed by atoms with Gasteiger partial charge in [-0.3, -0.25) is 0 Å². The van der Waals surface area contributed by atoms with E-state index < -0.39 is 0 Å². The van der Waals surface area contributed by atoms with Gasteiger partial charge in [-0.25, -0.2) is 4.98 Å². The maximum absolute atomic E-state index is 5.74. The minimum absolute atomic E-state index is 0.628. The van der Waals surface area contributed by atoms with Crippen LogP contribution in [-0.2, 0) is 13.0 Å². The van der Waals surface area contributed by atoms with Crippen molar-refractivity contribution in [1.29, 1.82) is 0 Å². The van der Waals surface area contributed by atoms with Gasteiger partial charge in [-0.1, -0.05) is 12.1 Å². The van der Waals surface area contributed by atoms with Crippen LogP contribution < -0.4 is 0 Å². The molecule has 1 heterocycles. The van der Waals surface area contributed by atoms with Crippen LogP contribution in [0.5, 0.6) is 0 Å². The predicted molar refractivity (Wildman–Crippen MR) is 59.8 cm³/mol. The summed E-state index contributed by atoms with van der Waals surface area (Å²) in [6.45, 7) is 3.08. The molecule has 0 bridgehead atoms. The summed E-state index contributed by atoms with van der Waals surface area (Å²) in [4.78, 5) is 4.55. The number of fused-ring (bicyclic) bond motifs is 1. The fourth-order valence-corrected chi connectivity index (χ4v) is 1.92. The predicted octanol–water partition coefficient (Wildman–Crippen LogP) is 2.84. The average Bonchev–Trinajstić information content (AvgIpc) is 2.55. The molecule has 0 saturated carbocycles. The molecule has 0 aliphatic rings. The molecule has 14 heavy (non-hydrogen) atoms. The van der Waals surface area contributed by atoms with Crippen molar-refractivity contribution in [3.05, 3.63) is 30.1 Å². The Morgan fingerprint density at radius 3 is 2.86 bits per heavy atom. The van der Waals surface area contributed by atoms with Crippen LogP contribution in [-0.4, -0.2) is 15.4 Å². The smallest absolute Gasteiger partial charge is 0.111 e. The van der Waals surface area contributed by atoms with Gasteiger partial charge in [-0.05, 0) is 19.1 Å². The SMILES string of the molecule is CCn1c(CCCl)nc2ccccc21. The Kier molecular flexibility index (Phi) is 2.73. The molecule has 0 saturated heterocycles. The lowest BCUT2D eigenvalue weighted by Gasteiger charge is -2.03. The molecule has 2 aromatic rings. The van der Waals surface area contributed by atoms with E-state index in [1.807, 2.05) is 18.2 Å². The molecule has 3 heteroatoms. The number of rotatable bonds is 3. The summed E-state index contributed by atoms with van der Waals surface area (Å²) in [5, 5.41) is 0. The summed E-state index contributed by atoms with van der Waals surface area (Å²) in [6.07, 6.45) is 0.837. The van der Waals surface area contributed by atoms with Gasteiger partial charge in [-0.2, -0.15) is 0 Å². The molecule has 0 spiro atoms. The van der Waals surface area contributed by atoms with Crippen molar-refractivity contribution in [1.82, 2.24) is 9.55 Å². The van der Waals surface area contributed by atoms with Crippen LogP contribution in [0.1, 0.15) is 12.7 Å². The lowest BCUT2D eigenvalue weighted by Crippen LogP contribution is -2.02. The number of aromatic nitrogens is 2. The Hall–Kier alpha value is -1.02. The van der Waals surface area contributed by atoms with Crippen LogP contribution in [0, 0.1) is 0 Å². The van der Waals surface area contributed by atoms with E-state index in [0.717, 1.165) is 24.3 Å². The van der Waals surface area contributed by atoms with E-state index in [-0.39, 0.29) is 0 Å². The van der Waals surface area contributed by atoms with Crippen molar-refractivity contribution in [3.63, 3.8) is 0 Å². The first kappa shape index (κ1) is 9.53. The maximum Gasteiger partial charge on any atom is 0.111 e. The highest BCUT2D eigenvalue weighted by Crippen LogP contribution is 2.16. The minimum atomic E-state index is 0.628. The van der Waals surface area contributed by atoms with Crippen LogP contribution in [0.2, 0.25) is 0 Å². The summed E-state index contributed by atoms with van der Waals surface area (Å²) >= 11 is 5.74. The number of hydrogen-bond acceptors (Lipinski definition) is 1. The van der Waals surface area contributed by atoms with Crippen LogP contribution in [0.25, 0.3) is 11.0 Å². The average molecular weight is 209 g/mol. The number of halogens is 1. The third-order valence-corrected chi connectivity index (χ3v) is 2.56. The molecule has 0 fully saturated rings. The van der Waals surface area contributed by atoms with E-state index in [9.17, 15) is 0 Å². The fourth-order valence-electron chi connectivity index (χ4n) is 1.75. The third-order valence-electron chi connectivity index (χ3n) is 2.37. The summed E-state index contributed by atoms with van der Waals surface area (Å²) in [6, 6.07) is 8.20. The van der Waals surface area contributed by atoms with E-state index in [1.165, 1.54) is 5.52 Å². The molecular formula is C11H13ClN2. The summed E-state index contributed by atoms with van der Waals surface area (Å²) in [5.41, 5.74) is 2.27. The molecular weight excluding hydrogens is 196 g/mol. The first-order valence-corrected chi connectivity index (χ1v) is 5.40. The molecule has 1 aromatic carbocycles. The lowest BCUT2D eigenvalue weighted by atomic mass is 10.3. The van der Waals surface area contributed by atoms with Crippen molar-refractivity contribution >= 4 is 22.6 Å². The third kappa shape index (κ3) is 1.50. The summed E-state index contributed by atoms with van der Waals surface area (Å²) < 4.78 is 2.22. The quantitative estimate of drug-likeness (QED) is 0.710. The zero-order valence-corrected chi connectivity index (χ0v) is 8.96. The van der Waals surface area contributed by atoms with Crippen LogP contribution in [0.4, 0.5) is 0 Å². The fraction of sp³-hybridized carbons (Fsp3) is 0.364. The van der Waals surface area contributed by atoms with Gasteiger partial charge in [0.2, 0.25) is 0 Å². The highest BCUT2D eigenvalue weighted by Gasteiger charge is 2.07. The molecule has 0 aliphatic heterocycles. The standard InChI is InChI=1S/C11H13ClN2/c1-2-14-10-6-4-3-5-9(10)13-11(14)7-8-12/h3-6H,2,7-8H2,1H3. The Morgan fingerprint density at radius 1 is 1.36 bits per heavy atom. The van der Waals surface area contributed by atoms with Gasteiger partial charge in [0.15, 0.2) is 0 Å². The van der Waals surface area contributed by atoms with E-state index in [4.69, 9.17) is 11.6 Å². The van der Waals surface area contributed by atoms with Crippen molar-refractivity contribution in [2.24, 2.45) is 0 Å². The molecule has 0 radical (unpaired) electrons. The largest absolute Gasteiger partial charge is 0.328 e. The van der Waals surface area contributed by atoms with Crippen LogP contribution >= 0.6 is 11.6 Å². The van der Waals surface area contributed by atoms with Gasteiger partial charge in [0.05, 0.1) is 11.0 Å². The molecule has 0 atom stereocenters. The van der Waals surface area contributed by atoms with Gasteiger partial charge in [0.25, 0.3) is 0 Å². The van der Waals surface area contributed by atoms with Crippen molar-refractivity contribution < 1.29 is 0 Å². The normalized spacial score (nSPS) is 11.0. The monoisotopic (exact) mass is 208 g/mol. The molecule has 74 valence electrons. The van der Waals surface area contributed by atoms with Crippen LogP contribution in [0.15, 0.2) is 24.3 Å². The number of benzene rings is 1. The number of imidazole rings is 1. The molecule has 2 rings (SSSR count). The number of hydrogen-bond donors (Lipinski definition) is 0.